The average Bonchev–Trinajstić information content (AvgIpc) is 2.93. The molecule has 3 aliphatic rings. The zero-order valence-electron chi connectivity index (χ0n) is 29.3. The van der Waals surface area contributed by atoms with E-state index in [1.807, 2.05) is 0 Å². The molecular weight excluding hydrogens is 567 g/mol. The fourth-order valence-corrected chi connectivity index (χ4v) is 12.2. The molecule has 2 N–H and O–H groups in total. The fourth-order valence-electron chi connectivity index (χ4n) is 8.17. The van der Waals surface area contributed by atoms with Crippen LogP contribution < -0.4 is 15.5 Å². The Labute approximate surface area is 270 Å². The number of nitrogens with one attached hydrogen (secondary N) is 2. The van der Waals surface area contributed by atoms with Crippen molar-refractivity contribution in [1.29, 1.82) is 0 Å². The number of hydrogen-bond acceptors (Lipinski definition) is 3. The topological polar surface area (TPSA) is 27.3 Å². The highest BCUT2D eigenvalue weighted by Gasteiger charge is 2.34. The summed E-state index contributed by atoms with van der Waals surface area (Å²) in [6.45, 7) is 28.7. The Morgan fingerprint density at radius 3 is 2.11 bits per heavy atom. The highest BCUT2D eigenvalue weighted by molar-refractivity contribution is 6.83. The zero-order valence-corrected chi connectivity index (χ0v) is 31.3. The Balaban J connectivity index is 1.57. The first-order valence-electron chi connectivity index (χ1n) is 16.9. The molecule has 5 heteroatoms. The molecule has 5 unspecified atom stereocenters. The van der Waals surface area contributed by atoms with Gasteiger partial charge in [0.25, 0.3) is 0 Å². The molecule has 0 bridgehead atoms. The summed E-state index contributed by atoms with van der Waals surface area (Å²) in [5, 5.41) is 9.33. The Kier molecular flexibility index (Phi) is 9.42. The Hall–Kier alpha value is -2.61. The lowest BCUT2D eigenvalue weighted by Gasteiger charge is -2.42. The van der Waals surface area contributed by atoms with E-state index >= 15 is 0 Å². The largest absolute Gasteiger partial charge is 0.381 e. The number of hydrogen-bond donors (Lipinski definition) is 2. The van der Waals surface area contributed by atoms with Crippen molar-refractivity contribution in [3.05, 3.63) is 99.8 Å². The van der Waals surface area contributed by atoms with Crippen LogP contribution in [0.4, 0.5) is 11.4 Å². The third kappa shape index (κ3) is 6.95. The van der Waals surface area contributed by atoms with Gasteiger partial charge in [-0.2, -0.15) is 0 Å². The molecule has 236 valence electrons. The maximum Gasteiger partial charge on any atom is 0.0750 e. The van der Waals surface area contributed by atoms with Crippen LogP contribution in [0.5, 0.6) is 0 Å². The second-order valence-corrected chi connectivity index (χ2v) is 26.6. The molecule has 5 rings (SSSR count). The SMILES string of the molecule is CC1=CC(C)CC(C)C1N(c1cccc(C2=CC(C)=C([Si](C)(C)C)CN2)c1)c1cccc(C2C=C(C)C([Si](C)(C)C)CN2)c1. The molecule has 0 spiro atoms. The van der Waals surface area contributed by atoms with Crippen LogP contribution in [0.15, 0.2) is 88.7 Å². The van der Waals surface area contributed by atoms with E-state index in [0.717, 1.165) is 13.1 Å². The van der Waals surface area contributed by atoms with Crippen molar-refractivity contribution < 1.29 is 0 Å². The minimum absolute atomic E-state index is 0.253. The maximum absolute atomic E-state index is 3.91. The molecule has 1 aliphatic carbocycles. The molecule has 0 fully saturated rings. The van der Waals surface area contributed by atoms with Gasteiger partial charge in [0.1, 0.15) is 0 Å². The number of benzene rings is 2. The van der Waals surface area contributed by atoms with Gasteiger partial charge in [0.2, 0.25) is 0 Å². The summed E-state index contributed by atoms with van der Waals surface area (Å²) in [4.78, 5) is 2.64. The second kappa shape index (κ2) is 12.7. The molecule has 2 aliphatic heterocycles. The smallest absolute Gasteiger partial charge is 0.0750 e. The lowest BCUT2D eigenvalue weighted by molar-refractivity contribution is 0.387. The first kappa shape index (κ1) is 32.8. The molecule has 2 aromatic rings. The first-order valence-corrected chi connectivity index (χ1v) is 24.0. The summed E-state index contributed by atoms with van der Waals surface area (Å²) in [7, 11) is -2.61. The highest BCUT2D eigenvalue weighted by Crippen LogP contribution is 2.41. The normalized spacial score (nSPS) is 26.4. The highest BCUT2D eigenvalue weighted by atomic mass is 28.3. The lowest BCUT2D eigenvalue weighted by atomic mass is 9.79. The Morgan fingerprint density at radius 1 is 0.818 bits per heavy atom. The Bertz CT molecular complexity index is 1500. The predicted octanol–water partition coefficient (Wildman–Crippen LogP) is 10.3. The van der Waals surface area contributed by atoms with Crippen LogP contribution in [0.2, 0.25) is 44.8 Å². The van der Waals surface area contributed by atoms with Crippen molar-refractivity contribution in [2.75, 3.05) is 18.0 Å². The number of allylic oxidation sites excluding steroid dienone is 3. The van der Waals surface area contributed by atoms with Gasteiger partial charge in [0.05, 0.1) is 28.2 Å². The summed E-state index contributed by atoms with van der Waals surface area (Å²) in [6.07, 6.45) is 8.60. The summed E-state index contributed by atoms with van der Waals surface area (Å²) in [5.41, 5.74) is 11.6. The fraction of sp³-hybridized carbons (Fsp3) is 0.487. The molecular formula is C39H57N3Si2. The molecule has 0 radical (unpaired) electrons. The molecule has 0 saturated carbocycles. The average molecular weight is 624 g/mol. The summed E-state index contributed by atoms with van der Waals surface area (Å²) in [6, 6.07) is 19.2. The van der Waals surface area contributed by atoms with Crippen molar-refractivity contribution in [2.24, 2.45) is 11.8 Å². The second-order valence-electron chi connectivity index (χ2n) is 16.1. The van der Waals surface area contributed by atoms with Gasteiger partial charge in [-0.15, -0.1) is 0 Å². The zero-order chi connectivity index (χ0) is 32.0. The van der Waals surface area contributed by atoms with E-state index in [-0.39, 0.29) is 6.04 Å². The summed E-state index contributed by atoms with van der Waals surface area (Å²) in [5.74, 6) is 1.16. The molecule has 0 amide bonds. The molecule has 44 heavy (non-hydrogen) atoms. The van der Waals surface area contributed by atoms with Crippen LogP contribution in [-0.4, -0.2) is 35.3 Å². The van der Waals surface area contributed by atoms with Gasteiger partial charge in [0.15, 0.2) is 0 Å². The van der Waals surface area contributed by atoms with E-state index in [4.69, 9.17) is 0 Å². The monoisotopic (exact) mass is 623 g/mol. The third-order valence-corrected chi connectivity index (χ3v) is 15.4. The van der Waals surface area contributed by atoms with E-state index in [1.54, 1.807) is 10.8 Å². The van der Waals surface area contributed by atoms with Crippen LogP contribution in [0.25, 0.3) is 5.70 Å². The standard InChI is InChI=1S/C39H57N3Si2/c1-26-18-29(4)39(30(5)19-26)42(33-16-12-14-31(22-33)35-20-27(2)37(24-40-35)43(6,7)8)34-17-13-15-32(23-34)36-21-28(3)38(25-41-36)44(9,10)11/h12-18,20-23,26,30,35,37,39-41H,19,24-25H2,1-11H3. The van der Waals surface area contributed by atoms with Crippen molar-refractivity contribution in [3.63, 3.8) is 0 Å². The predicted molar refractivity (Wildman–Crippen MR) is 199 cm³/mol. The van der Waals surface area contributed by atoms with Crippen LogP contribution in [0.3, 0.4) is 0 Å². The Morgan fingerprint density at radius 2 is 1.50 bits per heavy atom. The lowest BCUT2D eigenvalue weighted by Crippen LogP contribution is -2.41. The van der Waals surface area contributed by atoms with Crippen molar-refractivity contribution >= 4 is 33.2 Å². The van der Waals surface area contributed by atoms with Crippen LogP contribution in [0, 0.1) is 11.8 Å². The van der Waals surface area contributed by atoms with Gasteiger partial charge in [-0.3, -0.25) is 0 Å². The molecule has 0 aromatic heterocycles. The van der Waals surface area contributed by atoms with Gasteiger partial charge >= 0.3 is 0 Å². The maximum atomic E-state index is 3.91. The number of nitrogens with zero attached hydrogens (tertiary/aromatic N) is 1. The summed E-state index contributed by atoms with van der Waals surface area (Å²) < 4.78 is 0. The van der Waals surface area contributed by atoms with Crippen molar-refractivity contribution in [3.8, 4) is 0 Å². The minimum Gasteiger partial charge on any atom is -0.381 e. The van der Waals surface area contributed by atoms with E-state index in [9.17, 15) is 0 Å². The van der Waals surface area contributed by atoms with E-state index < -0.39 is 16.1 Å². The number of rotatable bonds is 7. The van der Waals surface area contributed by atoms with Gasteiger partial charge in [-0.25, -0.2) is 0 Å². The van der Waals surface area contributed by atoms with Gasteiger partial charge < -0.3 is 15.5 Å². The quantitative estimate of drug-likeness (QED) is 0.237. The van der Waals surface area contributed by atoms with Crippen molar-refractivity contribution in [1.82, 2.24) is 10.6 Å². The van der Waals surface area contributed by atoms with E-state index in [2.05, 4.69) is 156 Å². The molecule has 5 atom stereocenters. The van der Waals surface area contributed by atoms with Crippen molar-refractivity contribution in [2.45, 2.75) is 97.9 Å². The van der Waals surface area contributed by atoms with E-state index in [0.29, 0.717) is 23.4 Å². The number of anilines is 2. The molecule has 2 aromatic carbocycles. The van der Waals surface area contributed by atoms with Crippen LogP contribution >= 0.6 is 0 Å². The van der Waals surface area contributed by atoms with Gasteiger partial charge in [-0.1, -0.05) is 111 Å². The third-order valence-electron chi connectivity index (χ3n) is 10.3. The minimum atomic E-state index is -1.35. The first-order chi connectivity index (χ1) is 20.6. The van der Waals surface area contributed by atoms with Crippen LogP contribution in [0.1, 0.15) is 58.2 Å². The van der Waals surface area contributed by atoms with Gasteiger partial charge in [0, 0.05) is 30.2 Å². The molecule has 3 nitrogen and oxygen atoms in total. The van der Waals surface area contributed by atoms with Crippen LogP contribution in [-0.2, 0) is 0 Å². The van der Waals surface area contributed by atoms with Gasteiger partial charge in [-0.05, 0) is 86.0 Å². The molecule has 2 heterocycles. The van der Waals surface area contributed by atoms with E-state index in [1.165, 1.54) is 45.8 Å². The molecule has 0 saturated heterocycles. The summed E-state index contributed by atoms with van der Waals surface area (Å²) >= 11 is 0. The number of dihydropyridines is 1.